The summed E-state index contributed by atoms with van der Waals surface area (Å²) in [6.07, 6.45) is 4.69. The topological polar surface area (TPSA) is 43.1 Å². The molecule has 100 valence electrons. The third kappa shape index (κ3) is 5.74. The number of hydrogen-bond acceptors (Lipinski definition) is 2. The van der Waals surface area contributed by atoms with E-state index in [2.05, 4.69) is 15.9 Å². The molecule has 0 saturated carbocycles. The van der Waals surface area contributed by atoms with E-state index in [0.717, 1.165) is 25.7 Å². The highest BCUT2D eigenvalue weighted by Crippen LogP contribution is 2.16. The van der Waals surface area contributed by atoms with Crippen molar-refractivity contribution in [3.8, 4) is 0 Å². The molecular weight excluding hydrogens is 297 g/mol. The molecule has 4 heteroatoms. The van der Waals surface area contributed by atoms with E-state index in [4.69, 9.17) is 5.73 Å². The first-order valence-corrected chi connectivity index (χ1v) is 7.08. The molecule has 2 nitrogen and oxygen atoms in total. The average molecular weight is 316 g/mol. The van der Waals surface area contributed by atoms with E-state index in [-0.39, 0.29) is 18.0 Å². The molecule has 0 unspecified atom stereocenters. The second-order valence-electron chi connectivity index (χ2n) is 4.40. The quantitative estimate of drug-likeness (QED) is 0.745. The van der Waals surface area contributed by atoms with E-state index < -0.39 is 0 Å². The van der Waals surface area contributed by atoms with Gasteiger partial charge in [0.1, 0.15) is 11.6 Å². The number of Topliss-reactive ketones (excluding diaryl/α,β-unsaturated/α-hetero) is 1. The highest BCUT2D eigenvalue weighted by atomic mass is 79.9. The third-order valence-electron chi connectivity index (χ3n) is 2.81. The zero-order chi connectivity index (χ0) is 13.4. The molecule has 0 aromatic heterocycles. The monoisotopic (exact) mass is 315 g/mol. The molecule has 0 heterocycles. The van der Waals surface area contributed by atoms with Gasteiger partial charge in [-0.25, -0.2) is 4.39 Å². The molecule has 0 amide bonds. The van der Waals surface area contributed by atoms with Crippen molar-refractivity contribution in [1.82, 2.24) is 0 Å². The normalized spacial score (nSPS) is 10.6. The molecule has 0 aliphatic heterocycles. The molecule has 18 heavy (non-hydrogen) atoms. The second kappa shape index (κ2) is 8.38. The van der Waals surface area contributed by atoms with E-state index in [1.165, 1.54) is 6.07 Å². The minimum absolute atomic E-state index is 0.101. The smallest absolute Gasteiger partial charge is 0.137 e. The third-order valence-corrected chi connectivity index (χ3v) is 3.31. The van der Waals surface area contributed by atoms with Crippen LogP contribution >= 0.6 is 15.9 Å². The summed E-state index contributed by atoms with van der Waals surface area (Å²) >= 11 is 3.19. The molecular formula is C14H19BrFNO. The predicted molar refractivity (Wildman–Crippen MR) is 75.0 cm³/mol. The summed E-state index contributed by atoms with van der Waals surface area (Å²) in [7, 11) is 0. The molecule has 1 aromatic rings. The minimum Gasteiger partial charge on any atom is -0.330 e. The van der Waals surface area contributed by atoms with Gasteiger partial charge < -0.3 is 5.73 Å². The Balaban J connectivity index is 2.31. The molecule has 0 bridgehead atoms. The van der Waals surface area contributed by atoms with Crippen molar-refractivity contribution < 1.29 is 9.18 Å². The van der Waals surface area contributed by atoms with Gasteiger partial charge in [-0.1, -0.05) is 34.8 Å². The lowest BCUT2D eigenvalue weighted by Crippen LogP contribution is -2.04. The summed E-state index contributed by atoms with van der Waals surface area (Å²) < 4.78 is 14.2. The molecule has 1 aromatic carbocycles. The van der Waals surface area contributed by atoms with Crippen LogP contribution in [0.15, 0.2) is 22.7 Å². The Hall–Kier alpha value is -0.740. The Morgan fingerprint density at radius 1 is 1.22 bits per heavy atom. The molecule has 0 fully saturated rings. The molecule has 1 rings (SSSR count). The van der Waals surface area contributed by atoms with Gasteiger partial charge in [0.05, 0.1) is 0 Å². The summed E-state index contributed by atoms with van der Waals surface area (Å²) in [5, 5.41) is 0. The van der Waals surface area contributed by atoms with Crippen molar-refractivity contribution in [2.75, 3.05) is 6.54 Å². The van der Waals surface area contributed by atoms with Gasteiger partial charge in [-0.3, -0.25) is 4.79 Å². The van der Waals surface area contributed by atoms with Crippen LogP contribution in [0.25, 0.3) is 0 Å². The average Bonchev–Trinajstić information content (AvgIpc) is 2.32. The number of hydrogen-bond donors (Lipinski definition) is 1. The largest absolute Gasteiger partial charge is 0.330 e. The van der Waals surface area contributed by atoms with E-state index in [1.54, 1.807) is 12.1 Å². The fourth-order valence-corrected chi connectivity index (χ4v) is 2.12. The Labute approximate surface area is 116 Å². The van der Waals surface area contributed by atoms with Gasteiger partial charge in [0.2, 0.25) is 0 Å². The lowest BCUT2D eigenvalue weighted by Gasteiger charge is -2.03. The summed E-state index contributed by atoms with van der Waals surface area (Å²) in [6, 6.07) is 4.81. The lowest BCUT2D eigenvalue weighted by molar-refractivity contribution is -0.118. The Morgan fingerprint density at radius 2 is 1.94 bits per heavy atom. The van der Waals surface area contributed by atoms with E-state index >= 15 is 0 Å². The van der Waals surface area contributed by atoms with Crippen LogP contribution in [-0.4, -0.2) is 12.3 Å². The number of benzene rings is 1. The fourth-order valence-electron chi connectivity index (χ4n) is 1.79. The number of carbonyl (C=O) groups is 1. The lowest BCUT2D eigenvalue weighted by atomic mass is 10.0. The van der Waals surface area contributed by atoms with Crippen LogP contribution in [0.1, 0.15) is 37.7 Å². The first-order chi connectivity index (χ1) is 8.63. The molecule has 0 aliphatic rings. The van der Waals surface area contributed by atoms with Crippen molar-refractivity contribution in [2.24, 2.45) is 5.73 Å². The van der Waals surface area contributed by atoms with E-state index in [9.17, 15) is 9.18 Å². The molecule has 0 aliphatic carbocycles. The number of unbranched alkanes of at least 4 members (excludes halogenated alkanes) is 3. The first-order valence-electron chi connectivity index (χ1n) is 6.29. The maximum absolute atomic E-state index is 13.5. The zero-order valence-electron chi connectivity index (χ0n) is 10.4. The van der Waals surface area contributed by atoms with Crippen molar-refractivity contribution in [3.05, 3.63) is 34.1 Å². The molecule has 0 radical (unpaired) electrons. The zero-order valence-corrected chi connectivity index (χ0v) is 12.0. The van der Waals surface area contributed by atoms with Gasteiger partial charge >= 0.3 is 0 Å². The first kappa shape index (κ1) is 15.3. The van der Waals surface area contributed by atoms with E-state index in [0.29, 0.717) is 23.0 Å². The van der Waals surface area contributed by atoms with Crippen LogP contribution in [0, 0.1) is 5.82 Å². The van der Waals surface area contributed by atoms with Crippen LogP contribution in [-0.2, 0) is 11.2 Å². The fraction of sp³-hybridized carbons (Fsp3) is 0.500. The summed E-state index contributed by atoms with van der Waals surface area (Å²) in [5.74, 6) is -0.218. The van der Waals surface area contributed by atoms with Gasteiger partial charge in [0.25, 0.3) is 0 Å². The van der Waals surface area contributed by atoms with Gasteiger partial charge in [0, 0.05) is 17.3 Å². The second-order valence-corrected chi connectivity index (χ2v) is 5.32. The number of rotatable bonds is 8. The highest BCUT2D eigenvalue weighted by molar-refractivity contribution is 9.10. The standard InChI is InChI=1S/C14H19BrFNO/c15-12-7-6-11(14(16)10-12)9-13(18)5-3-1-2-4-8-17/h6-7,10H,1-5,8-9,17H2. The molecule has 0 saturated heterocycles. The van der Waals surface area contributed by atoms with Crippen LogP contribution in [0.2, 0.25) is 0 Å². The summed E-state index contributed by atoms with van der Waals surface area (Å²) in [4.78, 5) is 11.7. The number of halogens is 2. The van der Waals surface area contributed by atoms with Crippen molar-refractivity contribution in [2.45, 2.75) is 38.5 Å². The molecule has 0 spiro atoms. The molecule has 2 N–H and O–H groups in total. The summed E-state index contributed by atoms with van der Waals surface area (Å²) in [6.45, 7) is 0.706. The maximum Gasteiger partial charge on any atom is 0.137 e. The number of ketones is 1. The number of carbonyl (C=O) groups excluding carboxylic acids is 1. The van der Waals surface area contributed by atoms with Crippen LogP contribution in [0.3, 0.4) is 0 Å². The number of nitrogens with two attached hydrogens (primary N) is 1. The van der Waals surface area contributed by atoms with Gasteiger partial charge in [-0.2, -0.15) is 0 Å². The highest BCUT2D eigenvalue weighted by Gasteiger charge is 2.08. The van der Waals surface area contributed by atoms with Crippen LogP contribution < -0.4 is 5.73 Å². The Kier molecular flexibility index (Phi) is 7.13. The Bertz CT molecular complexity index is 395. The SMILES string of the molecule is NCCCCCCC(=O)Cc1ccc(Br)cc1F. The van der Waals surface area contributed by atoms with Crippen molar-refractivity contribution in [1.29, 1.82) is 0 Å². The minimum atomic E-state index is -0.319. The van der Waals surface area contributed by atoms with Crippen LogP contribution in [0.5, 0.6) is 0 Å². The predicted octanol–water partition coefficient (Wildman–Crippen LogP) is 3.61. The summed E-state index contributed by atoms with van der Waals surface area (Å²) in [5.41, 5.74) is 5.87. The van der Waals surface area contributed by atoms with Crippen molar-refractivity contribution >= 4 is 21.7 Å². The van der Waals surface area contributed by atoms with Gasteiger partial charge in [0.15, 0.2) is 0 Å². The van der Waals surface area contributed by atoms with E-state index in [1.807, 2.05) is 0 Å². The Morgan fingerprint density at radius 3 is 2.61 bits per heavy atom. The van der Waals surface area contributed by atoms with Crippen LogP contribution in [0.4, 0.5) is 4.39 Å². The van der Waals surface area contributed by atoms with Gasteiger partial charge in [-0.15, -0.1) is 0 Å². The van der Waals surface area contributed by atoms with Gasteiger partial charge in [-0.05, 0) is 37.1 Å². The maximum atomic E-state index is 13.5. The van der Waals surface area contributed by atoms with Crippen molar-refractivity contribution in [3.63, 3.8) is 0 Å². The molecule has 0 atom stereocenters.